The smallest absolute Gasteiger partial charge is 0.222 e. The molecule has 3 rings (SSSR count). The molecule has 112 valence electrons. The van der Waals surface area contributed by atoms with Gasteiger partial charge in [0.15, 0.2) is 0 Å². The Morgan fingerprint density at radius 3 is 2.81 bits per heavy atom. The number of aliphatic hydroxyl groups excluding tert-OH is 1. The zero-order chi connectivity index (χ0) is 14.7. The van der Waals surface area contributed by atoms with E-state index in [0.717, 1.165) is 37.9 Å². The molecule has 1 aliphatic rings. The van der Waals surface area contributed by atoms with E-state index in [0.29, 0.717) is 12.3 Å². The first-order valence-electron chi connectivity index (χ1n) is 7.71. The van der Waals surface area contributed by atoms with E-state index in [-0.39, 0.29) is 12.5 Å². The van der Waals surface area contributed by atoms with Gasteiger partial charge < -0.3 is 15.0 Å². The summed E-state index contributed by atoms with van der Waals surface area (Å²) in [5.41, 5.74) is 2.34. The van der Waals surface area contributed by atoms with E-state index in [1.165, 1.54) is 10.9 Å². The molecular weight excluding hydrogens is 264 g/mol. The summed E-state index contributed by atoms with van der Waals surface area (Å²) in [5.74, 6) is 0.610. The minimum absolute atomic E-state index is 0.233. The molecule has 1 aliphatic heterocycles. The highest BCUT2D eigenvalue weighted by molar-refractivity contribution is 5.84. The second-order valence-corrected chi connectivity index (χ2v) is 5.87. The Hall–Kier alpha value is -1.81. The highest BCUT2D eigenvalue weighted by Gasteiger charge is 2.22. The lowest BCUT2D eigenvalue weighted by molar-refractivity contribution is -0.132. The average molecular weight is 286 g/mol. The van der Waals surface area contributed by atoms with Crippen molar-refractivity contribution in [1.82, 2.24) is 9.88 Å². The lowest BCUT2D eigenvalue weighted by Crippen LogP contribution is -2.39. The van der Waals surface area contributed by atoms with Crippen LogP contribution in [0.15, 0.2) is 30.5 Å². The summed E-state index contributed by atoms with van der Waals surface area (Å²) < 4.78 is 0. The van der Waals surface area contributed by atoms with Crippen LogP contribution in [-0.2, 0) is 11.2 Å². The number of amides is 1. The van der Waals surface area contributed by atoms with Gasteiger partial charge in [0.05, 0.1) is 0 Å². The molecule has 2 N–H and O–H groups in total. The average Bonchev–Trinajstić information content (AvgIpc) is 2.96. The third kappa shape index (κ3) is 3.10. The Balaban J connectivity index is 1.56. The Labute approximate surface area is 124 Å². The van der Waals surface area contributed by atoms with Crippen molar-refractivity contribution in [2.75, 3.05) is 19.7 Å². The number of hydrogen-bond acceptors (Lipinski definition) is 2. The van der Waals surface area contributed by atoms with Crippen molar-refractivity contribution in [3.8, 4) is 0 Å². The predicted molar refractivity (Wildman–Crippen MR) is 83.0 cm³/mol. The number of rotatable bonds is 4. The van der Waals surface area contributed by atoms with E-state index in [1.807, 2.05) is 23.2 Å². The van der Waals surface area contributed by atoms with Crippen LogP contribution in [0.3, 0.4) is 0 Å². The molecule has 0 atom stereocenters. The summed E-state index contributed by atoms with van der Waals surface area (Å²) in [4.78, 5) is 17.5. The number of fused-ring (bicyclic) bond motifs is 1. The highest BCUT2D eigenvalue weighted by Crippen LogP contribution is 2.21. The van der Waals surface area contributed by atoms with Crippen LogP contribution < -0.4 is 0 Å². The van der Waals surface area contributed by atoms with E-state index in [1.54, 1.807) is 0 Å². The molecule has 1 saturated heterocycles. The Morgan fingerprint density at radius 1 is 1.29 bits per heavy atom. The van der Waals surface area contributed by atoms with Gasteiger partial charge >= 0.3 is 0 Å². The molecule has 0 saturated carbocycles. The number of piperidine rings is 1. The van der Waals surface area contributed by atoms with Crippen molar-refractivity contribution in [3.63, 3.8) is 0 Å². The van der Waals surface area contributed by atoms with Crippen molar-refractivity contribution in [2.24, 2.45) is 5.92 Å². The molecule has 1 aromatic heterocycles. The monoisotopic (exact) mass is 286 g/mol. The summed E-state index contributed by atoms with van der Waals surface area (Å²) in [5, 5.41) is 10.4. The number of likely N-dealkylation sites (tertiary alicyclic amines) is 1. The summed E-state index contributed by atoms with van der Waals surface area (Å²) in [6.45, 7) is 1.83. The lowest BCUT2D eigenvalue weighted by Gasteiger charge is -2.31. The van der Waals surface area contributed by atoms with Crippen LogP contribution in [0.25, 0.3) is 10.9 Å². The fourth-order valence-corrected chi connectivity index (χ4v) is 3.10. The molecule has 4 heteroatoms. The maximum atomic E-state index is 12.3. The highest BCUT2D eigenvalue weighted by atomic mass is 16.3. The van der Waals surface area contributed by atoms with Crippen molar-refractivity contribution in [1.29, 1.82) is 0 Å². The van der Waals surface area contributed by atoms with E-state index in [4.69, 9.17) is 5.11 Å². The number of H-pyrrole nitrogens is 1. The maximum Gasteiger partial charge on any atom is 0.222 e. The Bertz CT molecular complexity index is 612. The van der Waals surface area contributed by atoms with E-state index in [2.05, 4.69) is 17.1 Å². The first kappa shape index (κ1) is 14.1. The third-order valence-electron chi connectivity index (χ3n) is 4.51. The first-order chi connectivity index (χ1) is 10.3. The second kappa shape index (κ2) is 6.31. The summed E-state index contributed by atoms with van der Waals surface area (Å²) in [6, 6.07) is 8.19. The van der Waals surface area contributed by atoms with Gasteiger partial charge in [-0.1, -0.05) is 18.2 Å². The number of hydrogen-bond donors (Lipinski definition) is 2. The largest absolute Gasteiger partial charge is 0.396 e. The van der Waals surface area contributed by atoms with Crippen LogP contribution in [0.1, 0.15) is 24.8 Å². The number of aryl methyl sites for hydroxylation is 1. The fraction of sp³-hybridized carbons (Fsp3) is 0.471. The van der Waals surface area contributed by atoms with Gasteiger partial charge in [-0.15, -0.1) is 0 Å². The Kier molecular flexibility index (Phi) is 4.25. The van der Waals surface area contributed by atoms with E-state index >= 15 is 0 Å². The van der Waals surface area contributed by atoms with Gasteiger partial charge in [-0.25, -0.2) is 0 Å². The number of para-hydroxylation sites is 1. The van der Waals surface area contributed by atoms with Crippen LogP contribution >= 0.6 is 0 Å². The first-order valence-corrected chi connectivity index (χ1v) is 7.71. The van der Waals surface area contributed by atoms with Crippen molar-refractivity contribution in [2.45, 2.75) is 25.7 Å². The van der Waals surface area contributed by atoms with Crippen LogP contribution in [0.5, 0.6) is 0 Å². The SMILES string of the molecule is O=C(CCc1c[nH]c2ccccc12)N1CCC(CO)CC1. The topological polar surface area (TPSA) is 56.3 Å². The normalized spacial score (nSPS) is 16.5. The summed E-state index contributed by atoms with van der Waals surface area (Å²) in [6.07, 6.45) is 5.20. The number of carbonyl (C=O) groups is 1. The van der Waals surface area contributed by atoms with Crippen LogP contribution in [0.4, 0.5) is 0 Å². The molecule has 1 amide bonds. The molecule has 1 fully saturated rings. The standard InChI is InChI=1S/C17H22N2O2/c20-12-13-7-9-19(10-8-13)17(21)6-5-14-11-18-16-4-2-1-3-15(14)16/h1-4,11,13,18,20H,5-10,12H2. The van der Waals surface area contributed by atoms with E-state index < -0.39 is 0 Å². The molecule has 2 aromatic rings. The molecule has 0 aliphatic carbocycles. The molecule has 0 bridgehead atoms. The summed E-state index contributed by atoms with van der Waals surface area (Å²) >= 11 is 0. The number of carbonyl (C=O) groups excluding carboxylic acids is 1. The van der Waals surface area contributed by atoms with Gasteiger partial charge in [0.2, 0.25) is 5.91 Å². The van der Waals surface area contributed by atoms with E-state index in [9.17, 15) is 4.79 Å². The number of benzene rings is 1. The zero-order valence-corrected chi connectivity index (χ0v) is 12.2. The second-order valence-electron chi connectivity index (χ2n) is 5.87. The van der Waals surface area contributed by atoms with Crippen LogP contribution in [0, 0.1) is 5.92 Å². The molecule has 0 spiro atoms. The van der Waals surface area contributed by atoms with Crippen molar-refractivity contribution >= 4 is 16.8 Å². The molecule has 1 aromatic carbocycles. The summed E-state index contributed by atoms with van der Waals surface area (Å²) in [7, 11) is 0. The molecule has 21 heavy (non-hydrogen) atoms. The number of aliphatic hydroxyl groups is 1. The van der Waals surface area contributed by atoms with Gasteiger partial charge in [-0.05, 0) is 36.8 Å². The van der Waals surface area contributed by atoms with Crippen molar-refractivity contribution < 1.29 is 9.90 Å². The van der Waals surface area contributed by atoms with Crippen molar-refractivity contribution in [3.05, 3.63) is 36.0 Å². The maximum absolute atomic E-state index is 12.3. The number of aromatic amines is 1. The van der Waals surface area contributed by atoms with Crippen LogP contribution in [-0.4, -0.2) is 40.6 Å². The zero-order valence-electron chi connectivity index (χ0n) is 12.2. The van der Waals surface area contributed by atoms with Gasteiger partial charge in [-0.3, -0.25) is 4.79 Å². The number of aromatic nitrogens is 1. The third-order valence-corrected chi connectivity index (χ3v) is 4.51. The minimum Gasteiger partial charge on any atom is -0.396 e. The fourth-order valence-electron chi connectivity index (χ4n) is 3.10. The molecular formula is C17H22N2O2. The Morgan fingerprint density at radius 2 is 2.05 bits per heavy atom. The molecule has 0 radical (unpaired) electrons. The van der Waals surface area contributed by atoms with Gasteiger partial charge in [0.1, 0.15) is 0 Å². The minimum atomic E-state index is 0.233. The quantitative estimate of drug-likeness (QED) is 0.906. The van der Waals surface area contributed by atoms with Crippen LogP contribution in [0.2, 0.25) is 0 Å². The lowest BCUT2D eigenvalue weighted by atomic mass is 9.97. The van der Waals surface area contributed by atoms with Gasteiger partial charge in [0.25, 0.3) is 0 Å². The molecule has 4 nitrogen and oxygen atoms in total. The number of nitrogens with one attached hydrogen (secondary N) is 1. The van der Waals surface area contributed by atoms with Gasteiger partial charge in [-0.2, -0.15) is 0 Å². The molecule has 2 heterocycles. The van der Waals surface area contributed by atoms with Gasteiger partial charge in [0, 0.05) is 43.2 Å². The molecule has 0 unspecified atom stereocenters. The predicted octanol–water partition coefficient (Wildman–Crippen LogP) is 2.33. The number of nitrogens with zero attached hydrogens (tertiary/aromatic N) is 1.